The van der Waals surface area contributed by atoms with Crippen LogP contribution in [0.3, 0.4) is 0 Å². The molecule has 2 aromatic carbocycles. The number of hydrogen-bond donors (Lipinski definition) is 0. The Morgan fingerprint density at radius 2 is 1.91 bits per heavy atom. The van der Waals surface area contributed by atoms with Crippen LogP contribution in [0, 0.1) is 6.92 Å². The zero-order valence-corrected chi connectivity index (χ0v) is 20.3. The minimum atomic E-state index is 0.0769. The fourth-order valence-electron chi connectivity index (χ4n) is 4.18. The van der Waals surface area contributed by atoms with Crippen LogP contribution in [0.2, 0.25) is 0 Å². The molecule has 1 amide bonds. The summed E-state index contributed by atoms with van der Waals surface area (Å²) in [6.45, 7) is 7.61. The Morgan fingerprint density at radius 3 is 2.68 bits per heavy atom. The SMILES string of the molecule is CCc1ccc2nc(CN3CCN(C(=O)c4ccccc4SCc4cc(C)on4)CC3)oc2c1. The Balaban J connectivity index is 1.19. The third-order valence-electron chi connectivity index (χ3n) is 6.09. The van der Waals surface area contributed by atoms with Gasteiger partial charge in [0.1, 0.15) is 11.3 Å². The van der Waals surface area contributed by atoms with Crippen molar-refractivity contribution in [3.8, 4) is 0 Å². The van der Waals surface area contributed by atoms with Crippen molar-refractivity contribution in [1.82, 2.24) is 19.9 Å². The van der Waals surface area contributed by atoms with Crippen molar-refractivity contribution < 1.29 is 13.7 Å². The van der Waals surface area contributed by atoms with E-state index < -0.39 is 0 Å². The lowest BCUT2D eigenvalue weighted by molar-refractivity contribution is 0.0615. The second kappa shape index (κ2) is 10.0. The zero-order valence-electron chi connectivity index (χ0n) is 19.5. The van der Waals surface area contributed by atoms with E-state index in [1.54, 1.807) is 11.8 Å². The van der Waals surface area contributed by atoms with E-state index >= 15 is 0 Å². The predicted octanol–water partition coefficient (Wildman–Crippen LogP) is 4.94. The standard InChI is InChI=1S/C26H28N4O3S/c1-3-19-8-9-22-23(15-19)32-25(27-22)16-29-10-12-30(13-11-29)26(31)21-6-4-5-7-24(21)34-17-20-14-18(2)33-28-20/h4-9,14-15H,3,10-13,16-17H2,1-2H3. The van der Waals surface area contributed by atoms with E-state index in [1.165, 1.54) is 5.56 Å². The van der Waals surface area contributed by atoms with Gasteiger partial charge in [-0.25, -0.2) is 4.98 Å². The first-order valence-corrected chi connectivity index (χ1v) is 12.6. The van der Waals surface area contributed by atoms with Gasteiger partial charge in [-0.05, 0) is 43.2 Å². The summed E-state index contributed by atoms with van der Waals surface area (Å²) in [6, 6.07) is 15.9. The van der Waals surface area contributed by atoms with E-state index in [0.29, 0.717) is 25.4 Å². The van der Waals surface area contributed by atoms with Crippen LogP contribution >= 0.6 is 11.8 Å². The molecular weight excluding hydrogens is 448 g/mol. The van der Waals surface area contributed by atoms with Gasteiger partial charge in [-0.2, -0.15) is 0 Å². The molecule has 7 nitrogen and oxygen atoms in total. The normalized spacial score (nSPS) is 14.7. The Hall–Kier alpha value is -3.10. The maximum atomic E-state index is 13.3. The summed E-state index contributed by atoms with van der Waals surface area (Å²) in [6.07, 6.45) is 0.976. The molecule has 1 fully saturated rings. The van der Waals surface area contributed by atoms with Crippen LogP contribution in [-0.2, 0) is 18.7 Å². The highest BCUT2D eigenvalue weighted by molar-refractivity contribution is 7.98. The number of aromatic nitrogens is 2. The lowest BCUT2D eigenvalue weighted by atomic mass is 10.1. The highest BCUT2D eigenvalue weighted by Crippen LogP contribution is 2.27. The molecule has 0 saturated carbocycles. The molecule has 0 aliphatic carbocycles. The number of fused-ring (bicyclic) bond motifs is 1. The molecule has 1 saturated heterocycles. The van der Waals surface area contributed by atoms with Gasteiger partial charge in [-0.1, -0.05) is 30.3 Å². The van der Waals surface area contributed by atoms with E-state index in [4.69, 9.17) is 8.94 Å². The molecule has 0 spiro atoms. The van der Waals surface area contributed by atoms with Gasteiger partial charge >= 0.3 is 0 Å². The van der Waals surface area contributed by atoms with E-state index in [-0.39, 0.29) is 5.91 Å². The second-order valence-electron chi connectivity index (χ2n) is 8.55. The van der Waals surface area contributed by atoms with Crippen molar-refractivity contribution in [3.63, 3.8) is 0 Å². The third kappa shape index (κ3) is 5.03. The summed E-state index contributed by atoms with van der Waals surface area (Å²) >= 11 is 1.61. The number of rotatable bonds is 7. The number of benzene rings is 2. The molecule has 34 heavy (non-hydrogen) atoms. The molecule has 0 bridgehead atoms. The molecule has 3 heterocycles. The van der Waals surface area contributed by atoms with Gasteiger partial charge in [0.05, 0.1) is 17.8 Å². The van der Waals surface area contributed by atoms with E-state index in [2.05, 4.69) is 34.1 Å². The molecule has 2 aromatic heterocycles. The van der Waals surface area contributed by atoms with E-state index in [1.807, 2.05) is 48.2 Å². The summed E-state index contributed by atoms with van der Waals surface area (Å²) in [5.74, 6) is 2.27. The van der Waals surface area contributed by atoms with Crippen molar-refractivity contribution in [2.45, 2.75) is 37.5 Å². The first-order valence-electron chi connectivity index (χ1n) is 11.6. The average molecular weight is 477 g/mol. The molecule has 1 aliphatic rings. The van der Waals surface area contributed by atoms with Crippen LogP contribution in [0.5, 0.6) is 0 Å². The first kappa shape index (κ1) is 22.7. The van der Waals surface area contributed by atoms with Gasteiger partial charge < -0.3 is 13.8 Å². The molecule has 0 radical (unpaired) electrons. The smallest absolute Gasteiger partial charge is 0.255 e. The Morgan fingerprint density at radius 1 is 1.09 bits per heavy atom. The van der Waals surface area contributed by atoms with Crippen LogP contribution in [-0.4, -0.2) is 52.0 Å². The van der Waals surface area contributed by atoms with Crippen molar-refractivity contribution in [2.75, 3.05) is 26.2 Å². The van der Waals surface area contributed by atoms with Crippen LogP contribution in [0.1, 0.15) is 40.2 Å². The van der Waals surface area contributed by atoms with E-state index in [0.717, 1.165) is 58.4 Å². The molecule has 0 atom stereocenters. The Labute approximate surface area is 203 Å². The van der Waals surface area contributed by atoms with Crippen LogP contribution < -0.4 is 0 Å². The highest BCUT2D eigenvalue weighted by Gasteiger charge is 2.25. The topological polar surface area (TPSA) is 75.6 Å². The van der Waals surface area contributed by atoms with E-state index in [9.17, 15) is 4.79 Å². The number of nitrogens with zero attached hydrogens (tertiary/aromatic N) is 4. The van der Waals surface area contributed by atoms with Crippen molar-refractivity contribution in [1.29, 1.82) is 0 Å². The minimum Gasteiger partial charge on any atom is -0.439 e. The predicted molar refractivity (Wildman–Crippen MR) is 132 cm³/mol. The molecule has 0 N–H and O–H groups in total. The molecule has 8 heteroatoms. The number of carbonyl (C=O) groups is 1. The number of piperazine rings is 1. The number of carbonyl (C=O) groups excluding carboxylic acids is 1. The van der Waals surface area contributed by atoms with Crippen LogP contribution in [0.25, 0.3) is 11.1 Å². The summed E-state index contributed by atoms with van der Waals surface area (Å²) in [4.78, 5) is 23.1. The molecule has 4 aromatic rings. The molecular formula is C26H28N4O3S. The van der Waals surface area contributed by atoms with Crippen molar-refractivity contribution >= 4 is 28.8 Å². The number of hydrogen-bond acceptors (Lipinski definition) is 7. The summed E-state index contributed by atoms with van der Waals surface area (Å²) < 4.78 is 11.1. The average Bonchev–Trinajstić information content (AvgIpc) is 3.47. The zero-order chi connectivity index (χ0) is 23.5. The molecule has 5 rings (SSSR count). The summed E-state index contributed by atoms with van der Waals surface area (Å²) in [7, 11) is 0. The van der Waals surface area contributed by atoms with Gasteiger partial charge in [0.15, 0.2) is 5.58 Å². The number of amides is 1. The van der Waals surface area contributed by atoms with Crippen molar-refractivity contribution in [2.24, 2.45) is 0 Å². The largest absolute Gasteiger partial charge is 0.439 e. The maximum Gasteiger partial charge on any atom is 0.255 e. The number of oxazole rings is 1. The fourth-order valence-corrected chi connectivity index (χ4v) is 5.11. The minimum absolute atomic E-state index is 0.0769. The first-order chi connectivity index (χ1) is 16.6. The Kier molecular flexibility index (Phi) is 6.69. The number of aryl methyl sites for hydroxylation is 2. The van der Waals surface area contributed by atoms with Gasteiger partial charge in [-0.15, -0.1) is 11.8 Å². The van der Waals surface area contributed by atoms with Gasteiger partial charge in [-0.3, -0.25) is 9.69 Å². The second-order valence-corrected chi connectivity index (χ2v) is 9.56. The van der Waals surface area contributed by atoms with Gasteiger partial charge in [0.25, 0.3) is 5.91 Å². The van der Waals surface area contributed by atoms with Gasteiger partial charge in [0.2, 0.25) is 5.89 Å². The lowest BCUT2D eigenvalue weighted by Crippen LogP contribution is -2.48. The highest BCUT2D eigenvalue weighted by atomic mass is 32.2. The van der Waals surface area contributed by atoms with Crippen LogP contribution in [0.15, 0.2) is 62.4 Å². The van der Waals surface area contributed by atoms with Crippen molar-refractivity contribution in [3.05, 3.63) is 77.0 Å². The maximum absolute atomic E-state index is 13.3. The molecule has 0 unspecified atom stereocenters. The summed E-state index contributed by atoms with van der Waals surface area (Å²) in [5, 5.41) is 4.05. The van der Waals surface area contributed by atoms with Crippen LogP contribution in [0.4, 0.5) is 0 Å². The Bertz CT molecular complexity index is 1290. The van der Waals surface area contributed by atoms with Gasteiger partial charge in [0, 0.05) is 42.9 Å². The summed E-state index contributed by atoms with van der Waals surface area (Å²) in [5.41, 5.74) is 4.61. The molecule has 1 aliphatic heterocycles. The third-order valence-corrected chi connectivity index (χ3v) is 7.20. The number of thioether (sulfide) groups is 1. The monoisotopic (exact) mass is 476 g/mol. The lowest BCUT2D eigenvalue weighted by Gasteiger charge is -2.34. The molecule has 176 valence electrons. The quantitative estimate of drug-likeness (QED) is 0.350. The fraction of sp³-hybridized carbons (Fsp3) is 0.346.